The predicted octanol–water partition coefficient (Wildman–Crippen LogP) is 9.06. The monoisotopic (exact) mass is 886 g/mol. The molecule has 332 valence electrons. The van der Waals surface area contributed by atoms with E-state index in [9.17, 15) is 18.0 Å². The van der Waals surface area contributed by atoms with Crippen LogP contribution in [-0.2, 0) is 20.2 Å². The third-order valence-electron chi connectivity index (χ3n) is 13.3. The Bertz CT molecular complexity index is 2450. The molecule has 3 saturated carbocycles. The fourth-order valence-electron chi connectivity index (χ4n) is 9.94. The van der Waals surface area contributed by atoms with Gasteiger partial charge in [0.25, 0.3) is 15.9 Å². The number of amides is 2. The van der Waals surface area contributed by atoms with Crippen molar-refractivity contribution in [3.05, 3.63) is 82.9 Å². The topological polar surface area (TPSA) is 171 Å². The number of nitrogens with zero attached hydrogens (tertiary/aromatic N) is 6. The van der Waals surface area contributed by atoms with Gasteiger partial charge in [0, 0.05) is 30.5 Å². The average Bonchev–Trinajstić information content (AvgIpc) is 4.14. The Balaban J connectivity index is 0.922. The highest BCUT2D eigenvalue weighted by Gasteiger charge is 2.85. The Labute approximate surface area is 370 Å². The van der Waals surface area contributed by atoms with E-state index in [0.29, 0.717) is 42.1 Å². The number of aromatic nitrogens is 5. The molecule has 2 amide bonds. The Kier molecular flexibility index (Phi) is 11.2. The molecule has 4 aromatic rings. The standard InChI is InChI=1S/C46H59ClN8O6S/c1-42(2,3)30-16-23-48-33(26-30)32(14-12-29-27-44(7,8)54(28-29)41(57)61-43(4,5)6)49-35-10-9-11-38(50-35)62(58,59)53-40(56)31-13-15-36(51-39(31)47)55-24-17-37(52-55)60-25-18-34-45(19-20-45)46(34)21-22-46/h9-11,13,15-17,23-24,26,29,32,34H,12,14,18-22,25,27-28H2,1-8H3,(H,49,50)(H,53,56)/t29-,32?/m0/s1. The van der Waals surface area contributed by atoms with Crippen LogP contribution in [0.5, 0.6) is 5.88 Å². The molecule has 62 heavy (non-hydrogen) atoms. The van der Waals surface area contributed by atoms with Gasteiger partial charge in [0.15, 0.2) is 10.8 Å². The molecular weight excluding hydrogens is 828 g/mol. The Hall–Kier alpha value is -4.76. The molecule has 2 N–H and O–H groups in total. The van der Waals surface area contributed by atoms with Gasteiger partial charge in [0.1, 0.15) is 16.6 Å². The third-order valence-corrected chi connectivity index (χ3v) is 14.9. The first-order valence-corrected chi connectivity index (χ1v) is 23.6. The van der Waals surface area contributed by atoms with Crippen molar-refractivity contribution in [2.75, 3.05) is 18.5 Å². The van der Waals surface area contributed by atoms with E-state index in [4.69, 9.17) is 26.1 Å². The summed E-state index contributed by atoms with van der Waals surface area (Å²) < 4.78 is 42.6. The zero-order valence-corrected chi connectivity index (χ0v) is 38.6. The van der Waals surface area contributed by atoms with Crippen LogP contribution in [0.15, 0.2) is 66.0 Å². The summed E-state index contributed by atoms with van der Waals surface area (Å²) >= 11 is 6.47. The number of ether oxygens (including phenoxy) is 2. The number of halogens is 1. The number of carbonyl (C=O) groups excluding carboxylic acids is 2. The molecule has 0 bridgehead atoms. The van der Waals surface area contributed by atoms with Crippen LogP contribution >= 0.6 is 11.6 Å². The first kappa shape index (κ1) is 43.9. The van der Waals surface area contributed by atoms with Crippen LogP contribution in [0.3, 0.4) is 0 Å². The number of nitrogens with one attached hydrogen (secondary N) is 2. The zero-order chi connectivity index (χ0) is 44.5. The van der Waals surface area contributed by atoms with Crippen LogP contribution in [0.1, 0.15) is 134 Å². The number of pyridine rings is 3. The molecule has 3 aliphatic carbocycles. The van der Waals surface area contributed by atoms with E-state index in [-0.39, 0.29) is 50.6 Å². The highest BCUT2D eigenvalue weighted by Crippen LogP contribution is 2.93. The first-order chi connectivity index (χ1) is 29.1. The van der Waals surface area contributed by atoms with Gasteiger partial charge >= 0.3 is 6.09 Å². The number of hydrogen-bond acceptors (Lipinski definition) is 11. The lowest BCUT2D eigenvalue weighted by molar-refractivity contribution is 0.0130. The lowest BCUT2D eigenvalue weighted by atomic mass is 9.86. The number of sulfonamides is 1. The quantitative estimate of drug-likeness (QED) is 0.116. The van der Waals surface area contributed by atoms with Crippen molar-refractivity contribution in [2.45, 2.75) is 134 Å². The Morgan fingerprint density at radius 2 is 1.69 bits per heavy atom. The van der Waals surface area contributed by atoms with E-state index >= 15 is 0 Å². The number of anilines is 1. The number of hydrogen-bond donors (Lipinski definition) is 2. The van der Waals surface area contributed by atoms with Crippen molar-refractivity contribution >= 4 is 39.4 Å². The van der Waals surface area contributed by atoms with E-state index < -0.39 is 21.5 Å². The average molecular weight is 888 g/mol. The van der Waals surface area contributed by atoms with Crippen molar-refractivity contribution in [1.82, 2.24) is 34.4 Å². The summed E-state index contributed by atoms with van der Waals surface area (Å²) in [7, 11) is -4.45. The van der Waals surface area contributed by atoms with Gasteiger partial charge in [-0.3, -0.25) is 9.78 Å². The lowest BCUT2D eigenvalue weighted by Crippen LogP contribution is -2.45. The normalized spacial score (nSPS) is 20.2. The predicted molar refractivity (Wildman–Crippen MR) is 236 cm³/mol. The molecule has 1 saturated heterocycles. The minimum atomic E-state index is -4.45. The molecule has 4 aliphatic rings. The molecule has 16 heteroatoms. The fraction of sp³-hybridized carbons (Fsp3) is 0.565. The molecule has 2 spiro atoms. The smallest absolute Gasteiger partial charge is 0.410 e. The van der Waals surface area contributed by atoms with E-state index in [1.807, 2.05) is 31.7 Å². The van der Waals surface area contributed by atoms with Crippen molar-refractivity contribution in [3.8, 4) is 11.7 Å². The molecule has 0 radical (unpaired) electrons. The van der Waals surface area contributed by atoms with Gasteiger partial charge in [-0.1, -0.05) is 38.4 Å². The minimum absolute atomic E-state index is 0.130. The highest BCUT2D eigenvalue weighted by atomic mass is 35.5. The molecular formula is C46H59ClN8O6S. The van der Waals surface area contributed by atoms with Gasteiger partial charge < -0.3 is 19.7 Å². The van der Waals surface area contributed by atoms with Crippen LogP contribution in [0.4, 0.5) is 10.6 Å². The Morgan fingerprint density at radius 1 is 0.968 bits per heavy atom. The molecule has 1 aliphatic heterocycles. The van der Waals surface area contributed by atoms with E-state index in [2.05, 4.69) is 65.8 Å². The van der Waals surface area contributed by atoms with E-state index in [1.165, 1.54) is 48.6 Å². The zero-order valence-electron chi connectivity index (χ0n) is 37.0. The van der Waals surface area contributed by atoms with Crippen LogP contribution in [0.25, 0.3) is 5.82 Å². The maximum absolute atomic E-state index is 13.7. The summed E-state index contributed by atoms with van der Waals surface area (Å²) in [6.45, 7) is 17.3. The third kappa shape index (κ3) is 9.02. The summed E-state index contributed by atoms with van der Waals surface area (Å²) in [4.78, 5) is 41.9. The number of fused-ring (bicyclic) bond motifs is 1. The van der Waals surface area contributed by atoms with Gasteiger partial charge in [0.2, 0.25) is 5.88 Å². The van der Waals surface area contributed by atoms with Gasteiger partial charge in [-0.15, -0.1) is 5.10 Å². The largest absolute Gasteiger partial charge is 0.477 e. The summed E-state index contributed by atoms with van der Waals surface area (Å²) in [5, 5.41) is 7.36. The van der Waals surface area contributed by atoms with Crippen LogP contribution in [-0.4, -0.2) is 74.3 Å². The summed E-state index contributed by atoms with van der Waals surface area (Å²) in [6, 6.07) is 13.0. The first-order valence-electron chi connectivity index (χ1n) is 21.7. The summed E-state index contributed by atoms with van der Waals surface area (Å²) in [5.41, 5.74) is 1.88. The van der Waals surface area contributed by atoms with Crippen LogP contribution in [0.2, 0.25) is 5.15 Å². The molecule has 4 fully saturated rings. The van der Waals surface area contributed by atoms with Crippen LogP contribution in [0, 0.1) is 22.7 Å². The molecule has 5 heterocycles. The number of carbonyl (C=O) groups is 2. The molecule has 2 atom stereocenters. The molecule has 0 aromatic carbocycles. The minimum Gasteiger partial charge on any atom is -0.477 e. The summed E-state index contributed by atoms with van der Waals surface area (Å²) in [6.07, 6.45) is 11.8. The van der Waals surface area contributed by atoms with Crippen LogP contribution < -0.4 is 14.8 Å². The molecule has 14 nitrogen and oxygen atoms in total. The number of likely N-dealkylation sites (tertiary alicyclic amines) is 1. The highest BCUT2D eigenvalue weighted by molar-refractivity contribution is 7.90. The molecule has 1 unspecified atom stereocenters. The van der Waals surface area contributed by atoms with Gasteiger partial charge in [-0.2, -0.15) is 8.42 Å². The van der Waals surface area contributed by atoms with Gasteiger partial charge in [-0.25, -0.2) is 24.2 Å². The molecule has 8 rings (SSSR count). The van der Waals surface area contributed by atoms with Gasteiger partial charge in [0.05, 0.1) is 23.9 Å². The van der Waals surface area contributed by atoms with Crippen molar-refractivity contribution in [2.24, 2.45) is 22.7 Å². The van der Waals surface area contributed by atoms with Crippen molar-refractivity contribution in [1.29, 1.82) is 0 Å². The summed E-state index contributed by atoms with van der Waals surface area (Å²) in [5.74, 6) is 1.12. The lowest BCUT2D eigenvalue weighted by Gasteiger charge is -2.33. The van der Waals surface area contributed by atoms with Crippen molar-refractivity contribution < 1.29 is 27.5 Å². The second-order valence-electron chi connectivity index (χ2n) is 20.4. The maximum atomic E-state index is 13.7. The van der Waals surface area contributed by atoms with E-state index in [0.717, 1.165) is 36.4 Å². The van der Waals surface area contributed by atoms with E-state index in [1.54, 1.807) is 30.6 Å². The second-order valence-corrected chi connectivity index (χ2v) is 22.4. The fourth-order valence-corrected chi connectivity index (χ4v) is 11.1. The molecule has 4 aromatic heterocycles. The Morgan fingerprint density at radius 3 is 2.35 bits per heavy atom. The SMILES string of the molecule is CC(C)(C)OC(=O)N1C[C@@H](CCC(Nc2cccc(S(=O)(=O)NC(=O)c3ccc(-n4ccc(OCCC5C6(CC6)C56CC6)n4)nc3Cl)n2)c2cc(C(C)(C)C)ccn2)CC1(C)C. The maximum Gasteiger partial charge on any atom is 0.410 e. The van der Waals surface area contributed by atoms with Gasteiger partial charge in [-0.05, 0) is 156 Å². The number of rotatable bonds is 14. The second kappa shape index (κ2) is 15.8. The van der Waals surface area contributed by atoms with Crippen molar-refractivity contribution in [3.63, 3.8) is 0 Å².